The Morgan fingerprint density at radius 1 is 1.09 bits per heavy atom. The van der Waals surface area contributed by atoms with Crippen LogP contribution in [0.15, 0.2) is 54.6 Å². The molecule has 2 aliphatic rings. The normalized spacial score (nSPS) is 20.8. The molecule has 2 aliphatic heterocycles. The molecule has 2 aromatic carbocycles. The van der Waals surface area contributed by atoms with E-state index in [1.165, 1.54) is 0 Å². The fourth-order valence-electron chi connectivity index (χ4n) is 4.78. The molecule has 2 amide bonds. The molecule has 6 heteroatoms. The lowest BCUT2D eigenvalue weighted by atomic mass is 9.84. The minimum absolute atomic E-state index is 0.113. The third-order valence-electron chi connectivity index (χ3n) is 6.89. The summed E-state index contributed by atoms with van der Waals surface area (Å²) < 4.78 is 5.19. The number of ether oxygens (including phenoxy) is 1. The highest BCUT2D eigenvalue weighted by molar-refractivity contribution is 5.84. The Morgan fingerprint density at radius 3 is 2.44 bits per heavy atom. The van der Waals surface area contributed by atoms with E-state index >= 15 is 0 Å². The van der Waals surface area contributed by atoms with Gasteiger partial charge in [-0.25, -0.2) is 0 Å². The molecule has 2 fully saturated rings. The SMILES string of the molecule is COc1ccc(CCN2C[C@H](C(=O)N3CCC(O)(c4ccccc4)CC3)CCC2=O)cc1. The molecular weight excluding hydrogens is 404 g/mol. The van der Waals surface area contributed by atoms with Crippen LogP contribution in [0.25, 0.3) is 0 Å². The molecule has 1 atom stereocenters. The Labute approximate surface area is 189 Å². The minimum atomic E-state index is -0.870. The Morgan fingerprint density at radius 2 is 1.78 bits per heavy atom. The largest absolute Gasteiger partial charge is 0.497 e. The second-order valence-corrected chi connectivity index (χ2v) is 8.90. The minimum Gasteiger partial charge on any atom is -0.497 e. The van der Waals surface area contributed by atoms with Gasteiger partial charge in [0.05, 0.1) is 18.6 Å². The summed E-state index contributed by atoms with van der Waals surface area (Å²) in [6.07, 6.45) is 2.85. The van der Waals surface area contributed by atoms with Crippen LogP contribution in [0.1, 0.15) is 36.8 Å². The lowest BCUT2D eigenvalue weighted by Gasteiger charge is -2.41. The van der Waals surface area contributed by atoms with Gasteiger partial charge in [-0.1, -0.05) is 42.5 Å². The molecule has 0 aromatic heterocycles. The maximum absolute atomic E-state index is 13.2. The van der Waals surface area contributed by atoms with Gasteiger partial charge in [0.15, 0.2) is 0 Å². The van der Waals surface area contributed by atoms with Gasteiger partial charge in [-0.05, 0) is 48.9 Å². The molecule has 32 heavy (non-hydrogen) atoms. The Kier molecular flexibility index (Phi) is 6.80. The number of amides is 2. The number of piperidine rings is 2. The molecule has 4 rings (SSSR count). The average molecular weight is 437 g/mol. The Hall–Kier alpha value is -2.86. The van der Waals surface area contributed by atoms with Crippen LogP contribution in [0.4, 0.5) is 0 Å². The quantitative estimate of drug-likeness (QED) is 0.756. The first-order valence-electron chi connectivity index (χ1n) is 11.5. The third-order valence-corrected chi connectivity index (χ3v) is 6.89. The van der Waals surface area contributed by atoms with Crippen LogP contribution in [0.2, 0.25) is 0 Å². The summed E-state index contributed by atoms with van der Waals surface area (Å²) in [5.74, 6) is 0.891. The van der Waals surface area contributed by atoms with E-state index in [0.29, 0.717) is 51.9 Å². The van der Waals surface area contributed by atoms with Gasteiger partial charge in [-0.2, -0.15) is 0 Å². The number of carbonyl (C=O) groups is 2. The van der Waals surface area contributed by atoms with Crippen LogP contribution in [-0.4, -0.2) is 60.0 Å². The van der Waals surface area contributed by atoms with Crippen molar-refractivity contribution in [2.24, 2.45) is 5.92 Å². The number of likely N-dealkylation sites (tertiary alicyclic amines) is 2. The monoisotopic (exact) mass is 436 g/mol. The first kappa shape index (κ1) is 22.3. The Bertz CT molecular complexity index is 921. The second-order valence-electron chi connectivity index (χ2n) is 8.90. The molecule has 0 radical (unpaired) electrons. The third kappa shape index (κ3) is 4.96. The van der Waals surface area contributed by atoms with E-state index in [9.17, 15) is 14.7 Å². The molecular formula is C26H32N2O4. The fourth-order valence-corrected chi connectivity index (χ4v) is 4.78. The maximum Gasteiger partial charge on any atom is 0.227 e. The Balaban J connectivity index is 1.31. The number of aliphatic hydroxyl groups is 1. The number of hydrogen-bond acceptors (Lipinski definition) is 4. The number of methoxy groups -OCH3 is 1. The van der Waals surface area contributed by atoms with Crippen molar-refractivity contribution in [3.05, 3.63) is 65.7 Å². The summed E-state index contributed by atoms with van der Waals surface area (Å²) in [4.78, 5) is 29.3. The van der Waals surface area contributed by atoms with Crippen LogP contribution in [0, 0.1) is 5.92 Å². The van der Waals surface area contributed by atoms with E-state index in [2.05, 4.69) is 0 Å². The highest BCUT2D eigenvalue weighted by atomic mass is 16.5. The summed E-state index contributed by atoms with van der Waals surface area (Å²) >= 11 is 0. The number of benzene rings is 2. The average Bonchev–Trinajstić information content (AvgIpc) is 2.84. The summed E-state index contributed by atoms with van der Waals surface area (Å²) in [6, 6.07) is 17.6. The molecule has 0 spiro atoms. The molecule has 170 valence electrons. The summed E-state index contributed by atoms with van der Waals surface area (Å²) in [6.45, 7) is 2.18. The molecule has 0 saturated carbocycles. The zero-order valence-electron chi connectivity index (χ0n) is 18.7. The molecule has 2 heterocycles. The predicted octanol–water partition coefficient (Wildman–Crippen LogP) is 2.99. The zero-order chi connectivity index (χ0) is 22.6. The van der Waals surface area contributed by atoms with Crippen LogP contribution < -0.4 is 4.74 Å². The van der Waals surface area contributed by atoms with Crippen molar-refractivity contribution in [1.29, 1.82) is 0 Å². The van der Waals surface area contributed by atoms with E-state index in [0.717, 1.165) is 23.3 Å². The number of carbonyl (C=O) groups excluding carboxylic acids is 2. The van der Waals surface area contributed by atoms with E-state index in [1.807, 2.05) is 64.4 Å². The van der Waals surface area contributed by atoms with Gasteiger partial charge < -0.3 is 19.6 Å². The van der Waals surface area contributed by atoms with Gasteiger partial charge in [-0.3, -0.25) is 9.59 Å². The van der Waals surface area contributed by atoms with Crippen molar-refractivity contribution >= 4 is 11.8 Å². The van der Waals surface area contributed by atoms with E-state index in [4.69, 9.17) is 4.74 Å². The molecule has 1 N–H and O–H groups in total. The van der Waals surface area contributed by atoms with Gasteiger partial charge in [0.2, 0.25) is 11.8 Å². The van der Waals surface area contributed by atoms with Crippen LogP contribution in [0.3, 0.4) is 0 Å². The van der Waals surface area contributed by atoms with E-state index in [1.54, 1.807) is 7.11 Å². The van der Waals surface area contributed by atoms with Crippen molar-refractivity contribution < 1.29 is 19.4 Å². The molecule has 2 saturated heterocycles. The molecule has 0 aliphatic carbocycles. The lowest BCUT2D eigenvalue weighted by Crippen LogP contribution is -2.51. The molecule has 0 bridgehead atoms. The van der Waals surface area contributed by atoms with Gasteiger partial charge in [0, 0.05) is 32.6 Å². The zero-order valence-corrected chi connectivity index (χ0v) is 18.7. The molecule has 2 aromatic rings. The molecule has 0 unspecified atom stereocenters. The standard InChI is InChI=1S/C26H32N2O4/c1-32-23-10-7-20(8-11-23)13-16-28-19-21(9-12-24(28)29)25(30)27-17-14-26(31,15-18-27)22-5-3-2-4-6-22/h2-8,10-11,21,31H,9,12-19H2,1H3/t21-/m1/s1. The smallest absolute Gasteiger partial charge is 0.227 e. The van der Waals surface area contributed by atoms with Crippen molar-refractivity contribution in [3.8, 4) is 5.75 Å². The predicted molar refractivity (Wildman–Crippen MR) is 122 cm³/mol. The van der Waals surface area contributed by atoms with Crippen molar-refractivity contribution in [2.45, 2.75) is 37.7 Å². The molecule has 6 nitrogen and oxygen atoms in total. The maximum atomic E-state index is 13.2. The fraction of sp³-hybridized carbons (Fsp3) is 0.462. The van der Waals surface area contributed by atoms with E-state index in [-0.39, 0.29) is 17.7 Å². The van der Waals surface area contributed by atoms with E-state index < -0.39 is 5.60 Å². The van der Waals surface area contributed by atoms with Crippen molar-refractivity contribution in [2.75, 3.05) is 33.3 Å². The van der Waals surface area contributed by atoms with Gasteiger partial charge in [0.25, 0.3) is 0 Å². The van der Waals surface area contributed by atoms with Gasteiger partial charge in [0.1, 0.15) is 5.75 Å². The van der Waals surface area contributed by atoms with Gasteiger partial charge in [-0.15, -0.1) is 0 Å². The van der Waals surface area contributed by atoms with Crippen molar-refractivity contribution in [3.63, 3.8) is 0 Å². The van der Waals surface area contributed by atoms with Crippen molar-refractivity contribution in [1.82, 2.24) is 9.80 Å². The number of hydrogen-bond donors (Lipinski definition) is 1. The summed E-state index contributed by atoms with van der Waals surface area (Å²) in [5.41, 5.74) is 1.19. The highest BCUT2D eigenvalue weighted by Gasteiger charge is 2.38. The first-order chi connectivity index (χ1) is 15.5. The van der Waals surface area contributed by atoms with Gasteiger partial charge >= 0.3 is 0 Å². The summed E-state index contributed by atoms with van der Waals surface area (Å²) in [5, 5.41) is 11.0. The van der Waals surface area contributed by atoms with Crippen LogP contribution in [-0.2, 0) is 21.6 Å². The summed E-state index contributed by atoms with van der Waals surface area (Å²) in [7, 11) is 1.64. The number of rotatable bonds is 6. The van der Waals surface area contributed by atoms with Crippen LogP contribution >= 0.6 is 0 Å². The highest BCUT2D eigenvalue weighted by Crippen LogP contribution is 2.33. The first-order valence-corrected chi connectivity index (χ1v) is 11.5. The topological polar surface area (TPSA) is 70.1 Å². The lowest BCUT2D eigenvalue weighted by molar-refractivity contribution is -0.146. The number of nitrogens with zero attached hydrogens (tertiary/aromatic N) is 2. The van der Waals surface area contributed by atoms with Crippen LogP contribution in [0.5, 0.6) is 5.75 Å². The second kappa shape index (κ2) is 9.74.